The zero-order chi connectivity index (χ0) is 19.6. The fourth-order valence-electron chi connectivity index (χ4n) is 3.53. The molecule has 6 nitrogen and oxygen atoms in total. The van der Waals surface area contributed by atoms with Crippen LogP contribution in [0.2, 0.25) is 0 Å². The van der Waals surface area contributed by atoms with Crippen LogP contribution in [0.15, 0.2) is 34.7 Å². The first-order chi connectivity index (χ1) is 12.3. The Kier molecular flexibility index (Phi) is 5.75. The van der Waals surface area contributed by atoms with E-state index in [4.69, 9.17) is 14.2 Å². The summed E-state index contributed by atoms with van der Waals surface area (Å²) >= 11 is 0. The second-order valence-electron chi connectivity index (χ2n) is 6.21. The lowest BCUT2D eigenvalue weighted by Gasteiger charge is -2.31. The molecule has 0 amide bonds. The molecule has 0 fully saturated rings. The molecule has 26 heavy (non-hydrogen) atoms. The van der Waals surface area contributed by atoms with Gasteiger partial charge in [0.1, 0.15) is 0 Å². The second kappa shape index (κ2) is 7.64. The lowest BCUT2D eigenvalue weighted by molar-refractivity contribution is -0.114. The zero-order valence-corrected chi connectivity index (χ0v) is 16.3. The number of rotatable bonds is 6. The smallest absolute Gasteiger partial charge is 0.203 e. The second-order valence-corrected chi connectivity index (χ2v) is 6.21. The number of allylic oxidation sites excluding steroid dienone is 4. The number of carbonyl (C=O) groups excluding carboxylic acids is 2. The molecular weight excluding hydrogens is 334 g/mol. The van der Waals surface area contributed by atoms with Gasteiger partial charge in [-0.05, 0) is 45.4 Å². The van der Waals surface area contributed by atoms with Gasteiger partial charge in [-0.3, -0.25) is 9.59 Å². The first kappa shape index (κ1) is 19.6. The number of hydrogen-bond acceptors (Lipinski definition) is 6. The van der Waals surface area contributed by atoms with Crippen LogP contribution in [0, 0.1) is 0 Å². The Morgan fingerprint density at radius 3 is 1.58 bits per heavy atom. The third kappa shape index (κ3) is 3.31. The summed E-state index contributed by atoms with van der Waals surface area (Å²) in [6.07, 6.45) is 0. The fourth-order valence-corrected chi connectivity index (χ4v) is 3.53. The van der Waals surface area contributed by atoms with E-state index in [1.165, 1.54) is 35.2 Å². The Morgan fingerprint density at radius 1 is 0.846 bits per heavy atom. The molecule has 0 atom stereocenters. The van der Waals surface area contributed by atoms with Crippen LogP contribution in [0.5, 0.6) is 17.2 Å². The molecule has 1 heterocycles. The van der Waals surface area contributed by atoms with Crippen molar-refractivity contribution in [2.24, 2.45) is 0 Å². The van der Waals surface area contributed by atoms with Gasteiger partial charge in [0.2, 0.25) is 5.75 Å². The summed E-state index contributed by atoms with van der Waals surface area (Å²) in [4.78, 5) is 24.8. The molecule has 0 spiro atoms. The average molecular weight is 359 g/mol. The quantitative estimate of drug-likeness (QED) is 0.841. The summed E-state index contributed by atoms with van der Waals surface area (Å²) in [5.74, 6) is 0.714. The third-order valence-corrected chi connectivity index (χ3v) is 4.54. The summed E-state index contributed by atoms with van der Waals surface area (Å²) in [7, 11) is 4.59. The average Bonchev–Trinajstić information content (AvgIpc) is 2.58. The van der Waals surface area contributed by atoms with Crippen LogP contribution in [0.4, 0.5) is 0 Å². The van der Waals surface area contributed by atoms with E-state index in [0.717, 1.165) is 17.0 Å². The Hall–Kier alpha value is -2.76. The van der Waals surface area contributed by atoms with Crippen molar-refractivity contribution >= 4 is 11.6 Å². The molecule has 1 N–H and O–H groups in total. The number of benzene rings is 1. The number of hydrogen-bond donors (Lipinski definition) is 1. The highest BCUT2D eigenvalue weighted by Crippen LogP contribution is 2.45. The Balaban J connectivity index is 2.81. The van der Waals surface area contributed by atoms with Gasteiger partial charge in [-0.1, -0.05) is 0 Å². The molecule has 0 bridgehead atoms. The standard InChI is InChI=1S/C20H25NO5/c1-10-17(12(3)22)19(18(13(4)23)11(2)21-10)14-8-15(24-5)20(26-7)16(9-14)25-6/h8-9,19,21H,1-7H3. The van der Waals surface area contributed by atoms with E-state index in [1.54, 1.807) is 12.1 Å². The van der Waals surface area contributed by atoms with E-state index in [1.807, 2.05) is 13.8 Å². The molecular formula is C20H25NO5. The molecule has 140 valence electrons. The van der Waals surface area contributed by atoms with Gasteiger partial charge in [-0.2, -0.15) is 0 Å². The minimum absolute atomic E-state index is 0.0972. The number of dihydropyridines is 1. The van der Waals surface area contributed by atoms with Gasteiger partial charge in [-0.25, -0.2) is 0 Å². The van der Waals surface area contributed by atoms with E-state index < -0.39 is 5.92 Å². The minimum Gasteiger partial charge on any atom is -0.493 e. The van der Waals surface area contributed by atoms with Crippen LogP contribution >= 0.6 is 0 Å². The Morgan fingerprint density at radius 2 is 1.27 bits per heavy atom. The van der Waals surface area contributed by atoms with Crippen LogP contribution in [0.25, 0.3) is 0 Å². The fraction of sp³-hybridized carbons (Fsp3) is 0.400. The highest BCUT2D eigenvalue weighted by molar-refractivity contribution is 6.03. The number of ether oxygens (including phenoxy) is 3. The van der Waals surface area contributed by atoms with Crippen LogP contribution in [-0.2, 0) is 9.59 Å². The molecule has 2 rings (SSSR count). The van der Waals surface area contributed by atoms with Gasteiger partial charge in [0.25, 0.3) is 0 Å². The number of carbonyl (C=O) groups is 2. The maximum atomic E-state index is 12.4. The lowest BCUT2D eigenvalue weighted by atomic mass is 9.77. The van der Waals surface area contributed by atoms with E-state index >= 15 is 0 Å². The van der Waals surface area contributed by atoms with Crippen molar-refractivity contribution in [1.29, 1.82) is 0 Å². The third-order valence-electron chi connectivity index (χ3n) is 4.54. The maximum Gasteiger partial charge on any atom is 0.203 e. The number of Topliss-reactive ketones (excluding diaryl/α,β-unsaturated/α-hetero) is 2. The number of methoxy groups -OCH3 is 3. The molecule has 1 aromatic carbocycles. The van der Waals surface area contributed by atoms with Crippen molar-refractivity contribution in [3.05, 3.63) is 40.2 Å². The SMILES string of the molecule is COc1cc(C2C(C(C)=O)=C(C)NC(C)=C2C(C)=O)cc(OC)c1OC. The number of ketones is 2. The maximum absolute atomic E-state index is 12.4. The van der Waals surface area contributed by atoms with Crippen molar-refractivity contribution < 1.29 is 23.8 Å². The van der Waals surface area contributed by atoms with E-state index in [0.29, 0.717) is 28.4 Å². The highest BCUT2D eigenvalue weighted by atomic mass is 16.5. The van der Waals surface area contributed by atoms with E-state index in [9.17, 15) is 9.59 Å². The van der Waals surface area contributed by atoms with E-state index in [2.05, 4.69) is 5.32 Å². The van der Waals surface area contributed by atoms with Gasteiger partial charge in [-0.15, -0.1) is 0 Å². The Bertz CT molecular complexity index is 758. The summed E-state index contributed by atoms with van der Waals surface area (Å²) in [6, 6.07) is 3.56. The predicted octanol–water partition coefficient (Wildman–Crippen LogP) is 3.13. The zero-order valence-electron chi connectivity index (χ0n) is 16.3. The molecule has 6 heteroatoms. The molecule has 0 saturated heterocycles. The van der Waals surface area contributed by atoms with Crippen molar-refractivity contribution in [2.75, 3.05) is 21.3 Å². The summed E-state index contributed by atoms with van der Waals surface area (Å²) in [6.45, 7) is 6.68. The normalized spacial score (nSPS) is 14.9. The van der Waals surface area contributed by atoms with Gasteiger partial charge in [0, 0.05) is 28.5 Å². The van der Waals surface area contributed by atoms with Gasteiger partial charge in [0.15, 0.2) is 23.1 Å². The first-order valence-electron chi connectivity index (χ1n) is 8.27. The first-order valence-corrected chi connectivity index (χ1v) is 8.27. The van der Waals surface area contributed by atoms with Gasteiger partial charge in [0.05, 0.1) is 21.3 Å². The summed E-state index contributed by atoms with van der Waals surface area (Å²) in [5, 5.41) is 3.15. The largest absolute Gasteiger partial charge is 0.493 e. The van der Waals surface area contributed by atoms with Crippen molar-refractivity contribution in [3.63, 3.8) is 0 Å². The van der Waals surface area contributed by atoms with Crippen molar-refractivity contribution in [1.82, 2.24) is 5.32 Å². The predicted molar refractivity (Wildman–Crippen MR) is 98.7 cm³/mol. The van der Waals surface area contributed by atoms with E-state index in [-0.39, 0.29) is 11.6 Å². The molecule has 1 aliphatic heterocycles. The summed E-state index contributed by atoms with van der Waals surface area (Å²) < 4.78 is 16.2. The van der Waals surface area contributed by atoms with Crippen LogP contribution in [-0.4, -0.2) is 32.9 Å². The summed E-state index contributed by atoms with van der Waals surface area (Å²) in [5.41, 5.74) is 3.30. The monoisotopic (exact) mass is 359 g/mol. The van der Waals surface area contributed by atoms with Gasteiger partial charge < -0.3 is 19.5 Å². The molecule has 0 aliphatic carbocycles. The van der Waals surface area contributed by atoms with Crippen LogP contribution < -0.4 is 19.5 Å². The van der Waals surface area contributed by atoms with Crippen LogP contribution in [0.3, 0.4) is 0 Å². The van der Waals surface area contributed by atoms with Crippen molar-refractivity contribution in [3.8, 4) is 17.2 Å². The number of nitrogens with one attached hydrogen (secondary N) is 1. The van der Waals surface area contributed by atoms with Gasteiger partial charge >= 0.3 is 0 Å². The molecule has 0 radical (unpaired) electrons. The molecule has 0 aromatic heterocycles. The highest BCUT2D eigenvalue weighted by Gasteiger charge is 2.34. The Labute approximate surface area is 153 Å². The van der Waals surface area contributed by atoms with Crippen LogP contribution in [0.1, 0.15) is 39.2 Å². The molecule has 1 aliphatic rings. The molecule has 1 aromatic rings. The molecule has 0 saturated carbocycles. The molecule has 0 unspecified atom stereocenters. The lowest BCUT2D eigenvalue weighted by Crippen LogP contribution is -2.29. The minimum atomic E-state index is -0.500. The van der Waals surface area contributed by atoms with Crippen molar-refractivity contribution in [2.45, 2.75) is 33.6 Å². The topological polar surface area (TPSA) is 73.9 Å².